The van der Waals surface area contributed by atoms with Crippen LogP contribution in [-0.2, 0) is 9.53 Å². The molecule has 0 radical (unpaired) electrons. The molecule has 1 fully saturated rings. The second-order valence-electron chi connectivity index (χ2n) is 6.77. The molecule has 24 heavy (non-hydrogen) atoms. The molecule has 1 N–H and O–H groups in total. The van der Waals surface area contributed by atoms with Crippen LogP contribution in [0, 0.1) is 13.8 Å². The Labute approximate surface area is 146 Å². The average molecular weight is 332 g/mol. The van der Waals surface area contributed by atoms with Crippen molar-refractivity contribution in [2.75, 3.05) is 36.5 Å². The van der Waals surface area contributed by atoms with Gasteiger partial charge in [0.25, 0.3) is 0 Å². The third-order valence-corrected chi connectivity index (χ3v) is 4.67. The minimum absolute atomic E-state index is 0.136. The standard InChI is InChI=1S/C20H32N2O2/c1-4-5-6-7-8-9-19(23)21-20-16(2)14-18(15-17(20)3)22-10-12-24-13-11-22/h14-15H,4-13H2,1-3H3,(H,21,23). The minimum Gasteiger partial charge on any atom is -0.378 e. The number of anilines is 2. The van der Waals surface area contributed by atoms with Crippen LogP contribution in [0.5, 0.6) is 0 Å². The lowest BCUT2D eigenvalue weighted by Crippen LogP contribution is -2.36. The zero-order valence-electron chi connectivity index (χ0n) is 15.5. The fourth-order valence-electron chi connectivity index (χ4n) is 3.23. The maximum atomic E-state index is 12.2. The van der Waals surface area contributed by atoms with Crippen LogP contribution < -0.4 is 10.2 Å². The largest absolute Gasteiger partial charge is 0.378 e. The van der Waals surface area contributed by atoms with Crippen molar-refractivity contribution >= 4 is 17.3 Å². The number of carbonyl (C=O) groups excluding carboxylic acids is 1. The first kappa shape index (κ1) is 18.8. The molecule has 0 unspecified atom stereocenters. The van der Waals surface area contributed by atoms with Gasteiger partial charge in [-0.25, -0.2) is 0 Å². The van der Waals surface area contributed by atoms with Crippen LogP contribution in [0.4, 0.5) is 11.4 Å². The van der Waals surface area contributed by atoms with E-state index < -0.39 is 0 Å². The maximum Gasteiger partial charge on any atom is 0.224 e. The predicted octanol–water partition coefficient (Wildman–Crippen LogP) is 4.44. The van der Waals surface area contributed by atoms with Gasteiger partial charge >= 0.3 is 0 Å². The van der Waals surface area contributed by atoms with E-state index in [1.807, 2.05) is 0 Å². The van der Waals surface area contributed by atoms with Gasteiger partial charge in [0, 0.05) is 30.9 Å². The zero-order chi connectivity index (χ0) is 17.4. The number of ether oxygens (including phenoxy) is 1. The van der Waals surface area contributed by atoms with Crippen molar-refractivity contribution in [3.8, 4) is 0 Å². The van der Waals surface area contributed by atoms with Crippen LogP contribution in [0.2, 0.25) is 0 Å². The van der Waals surface area contributed by atoms with Crippen LogP contribution in [-0.4, -0.2) is 32.2 Å². The third kappa shape index (κ3) is 5.52. The number of nitrogens with one attached hydrogen (secondary N) is 1. The minimum atomic E-state index is 0.136. The Morgan fingerprint density at radius 3 is 2.33 bits per heavy atom. The van der Waals surface area contributed by atoms with E-state index in [0.717, 1.165) is 56.0 Å². The van der Waals surface area contributed by atoms with E-state index >= 15 is 0 Å². The van der Waals surface area contributed by atoms with Gasteiger partial charge in [0.1, 0.15) is 0 Å². The number of carbonyl (C=O) groups is 1. The lowest BCUT2D eigenvalue weighted by molar-refractivity contribution is -0.116. The third-order valence-electron chi connectivity index (χ3n) is 4.67. The molecule has 1 aliphatic heterocycles. The molecule has 1 amide bonds. The van der Waals surface area contributed by atoms with Gasteiger partial charge in [-0.3, -0.25) is 4.79 Å². The van der Waals surface area contributed by atoms with Crippen molar-refractivity contribution < 1.29 is 9.53 Å². The Morgan fingerprint density at radius 1 is 1.08 bits per heavy atom. The summed E-state index contributed by atoms with van der Waals surface area (Å²) in [5.41, 5.74) is 4.48. The molecular weight excluding hydrogens is 300 g/mol. The average Bonchev–Trinajstić information content (AvgIpc) is 2.58. The fourth-order valence-corrected chi connectivity index (χ4v) is 3.23. The first-order valence-electron chi connectivity index (χ1n) is 9.35. The molecule has 1 aliphatic rings. The lowest BCUT2D eigenvalue weighted by atomic mass is 10.1. The van der Waals surface area contributed by atoms with Crippen molar-refractivity contribution in [1.29, 1.82) is 0 Å². The summed E-state index contributed by atoms with van der Waals surface area (Å²) in [7, 11) is 0. The molecule has 134 valence electrons. The Hall–Kier alpha value is -1.55. The Morgan fingerprint density at radius 2 is 1.71 bits per heavy atom. The Balaban J connectivity index is 1.91. The van der Waals surface area contributed by atoms with Gasteiger partial charge in [-0.1, -0.05) is 32.6 Å². The fraction of sp³-hybridized carbons (Fsp3) is 0.650. The first-order chi connectivity index (χ1) is 11.6. The Kier molecular flexibility index (Phi) is 7.57. The monoisotopic (exact) mass is 332 g/mol. The summed E-state index contributed by atoms with van der Waals surface area (Å²) >= 11 is 0. The van der Waals surface area contributed by atoms with Crippen molar-refractivity contribution in [2.24, 2.45) is 0 Å². The van der Waals surface area contributed by atoms with Crippen LogP contribution in [0.25, 0.3) is 0 Å². The number of unbranched alkanes of at least 4 members (excludes halogenated alkanes) is 4. The molecule has 2 rings (SSSR count). The molecule has 4 heteroatoms. The second kappa shape index (κ2) is 9.67. The number of amides is 1. The molecule has 4 nitrogen and oxygen atoms in total. The molecule has 0 aliphatic carbocycles. The van der Waals surface area contributed by atoms with Crippen molar-refractivity contribution in [2.45, 2.75) is 59.3 Å². The molecule has 0 spiro atoms. The van der Waals surface area contributed by atoms with Crippen LogP contribution in [0.1, 0.15) is 56.6 Å². The van der Waals surface area contributed by atoms with E-state index in [1.54, 1.807) is 0 Å². The van der Waals surface area contributed by atoms with Crippen LogP contribution in [0.15, 0.2) is 12.1 Å². The molecule has 0 atom stereocenters. The summed E-state index contributed by atoms with van der Waals surface area (Å²) < 4.78 is 5.42. The van der Waals surface area contributed by atoms with Gasteiger partial charge < -0.3 is 15.0 Å². The number of morpholine rings is 1. The summed E-state index contributed by atoms with van der Waals surface area (Å²) in [6, 6.07) is 4.35. The van der Waals surface area contributed by atoms with Crippen molar-refractivity contribution in [3.05, 3.63) is 23.3 Å². The summed E-state index contributed by atoms with van der Waals surface area (Å²) in [4.78, 5) is 14.5. The van der Waals surface area contributed by atoms with Gasteiger partial charge in [-0.15, -0.1) is 0 Å². The number of aryl methyl sites for hydroxylation is 2. The lowest BCUT2D eigenvalue weighted by Gasteiger charge is -2.30. The molecule has 1 saturated heterocycles. The first-order valence-corrected chi connectivity index (χ1v) is 9.35. The quantitative estimate of drug-likeness (QED) is 0.716. The van der Waals surface area contributed by atoms with E-state index in [0.29, 0.717) is 6.42 Å². The highest BCUT2D eigenvalue weighted by Crippen LogP contribution is 2.28. The number of hydrogen-bond acceptors (Lipinski definition) is 3. The highest BCUT2D eigenvalue weighted by atomic mass is 16.5. The van der Waals surface area contributed by atoms with Crippen LogP contribution >= 0.6 is 0 Å². The highest BCUT2D eigenvalue weighted by molar-refractivity contribution is 5.92. The molecule has 0 aromatic heterocycles. The number of hydrogen-bond donors (Lipinski definition) is 1. The molecule has 1 heterocycles. The predicted molar refractivity (Wildman–Crippen MR) is 101 cm³/mol. The molecule has 0 bridgehead atoms. The van der Waals surface area contributed by atoms with E-state index in [1.165, 1.54) is 24.9 Å². The summed E-state index contributed by atoms with van der Waals surface area (Å²) in [5, 5.41) is 3.12. The van der Waals surface area contributed by atoms with Crippen molar-refractivity contribution in [1.82, 2.24) is 0 Å². The SMILES string of the molecule is CCCCCCCC(=O)Nc1c(C)cc(N2CCOCC2)cc1C. The number of benzene rings is 1. The molecule has 1 aromatic carbocycles. The smallest absolute Gasteiger partial charge is 0.224 e. The maximum absolute atomic E-state index is 12.2. The van der Waals surface area contributed by atoms with Gasteiger partial charge in [-0.2, -0.15) is 0 Å². The topological polar surface area (TPSA) is 41.6 Å². The molecule has 1 aromatic rings. The molecular formula is C20H32N2O2. The summed E-state index contributed by atoms with van der Waals surface area (Å²) in [5.74, 6) is 0.136. The van der Waals surface area contributed by atoms with Crippen LogP contribution in [0.3, 0.4) is 0 Å². The van der Waals surface area contributed by atoms with Gasteiger partial charge in [0.05, 0.1) is 13.2 Å². The van der Waals surface area contributed by atoms with Gasteiger partial charge in [0.15, 0.2) is 0 Å². The molecule has 0 saturated carbocycles. The van der Waals surface area contributed by atoms with E-state index in [2.05, 4.69) is 43.1 Å². The summed E-state index contributed by atoms with van der Waals surface area (Å²) in [6.45, 7) is 9.80. The van der Waals surface area contributed by atoms with Gasteiger partial charge in [0.2, 0.25) is 5.91 Å². The Bertz CT molecular complexity index is 513. The highest BCUT2D eigenvalue weighted by Gasteiger charge is 2.15. The van der Waals surface area contributed by atoms with Gasteiger partial charge in [-0.05, 0) is 43.5 Å². The zero-order valence-corrected chi connectivity index (χ0v) is 15.5. The van der Waals surface area contributed by atoms with E-state index in [9.17, 15) is 4.79 Å². The second-order valence-corrected chi connectivity index (χ2v) is 6.77. The van der Waals surface area contributed by atoms with E-state index in [-0.39, 0.29) is 5.91 Å². The number of nitrogens with zero attached hydrogens (tertiary/aromatic N) is 1. The number of rotatable bonds is 8. The van der Waals surface area contributed by atoms with Crippen molar-refractivity contribution in [3.63, 3.8) is 0 Å². The van der Waals surface area contributed by atoms with E-state index in [4.69, 9.17) is 4.74 Å². The summed E-state index contributed by atoms with van der Waals surface area (Å²) in [6.07, 6.45) is 6.48. The normalized spacial score (nSPS) is 14.7.